The molecule has 3 aromatic rings. The van der Waals surface area contributed by atoms with Gasteiger partial charge in [0.15, 0.2) is 24.3 Å². The van der Waals surface area contributed by atoms with E-state index in [2.05, 4.69) is 0 Å². The molecule has 2 aromatic carbocycles. The van der Waals surface area contributed by atoms with Gasteiger partial charge in [0.25, 0.3) is 0 Å². The molecule has 0 atom stereocenters. The Morgan fingerprint density at radius 1 is 0.867 bits per heavy atom. The minimum Gasteiger partial charge on any atom is -0.259 e. The molecule has 7 nitrogen and oxygen atoms in total. The normalized spacial score (nSPS) is 12.8. The van der Waals surface area contributed by atoms with Crippen molar-refractivity contribution in [2.75, 3.05) is 0 Å². The lowest BCUT2D eigenvalue weighted by atomic mass is 10.3. The summed E-state index contributed by atoms with van der Waals surface area (Å²) in [4.78, 5) is 11.0. The lowest BCUT2D eigenvalue weighted by Crippen LogP contribution is -2.32. The van der Waals surface area contributed by atoms with E-state index in [1.165, 1.54) is 65.9 Å². The number of thiophene rings is 1. The first-order valence-corrected chi connectivity index (χ1v) is 12.7. The van der Waals surface area contributed by atoms with E-state index < -0.39 is 41.3 Å². The fourth-order valence-electron chi connectivity index (χ4n) is 2.80. The van der Waals surface area contributed by atoms with Gasteiger partial charge in [0.1, 0.15) is 0 Å². The maximum Gasteiger partial charge on any atom is 0.250 e. The molecule has 0 saturated carbocycles. The van der Waals surface area contributed by atoms with Gasteiger partial charge in [-0.2, -0.15) is 0 Å². The van der Waals surface area contributed by atoms with E-state index in [1.54, 1.807) is 29.6 Å². The highest BCUT2D eigenvalue weighted by atomic mass is 32.3. The number of benzene rings is 2. The molecule has 0 fully saturated rings. The Bertz CT molecular complexity index is 1180. The predicted octanol–water partition coefficient (Wildman–Crippen LogP) is 4.03. The molecule has 0 aliphatic heterocycles. The van der Waals surface area contributed by atoms with Crippen LogP contribution in [0.25, 0.3) is 6.08 Å². The third-order valence-corrected chi connectivity index (χ3v) is 10.2. The Kier molecular flexibility index (Phi) is 6.49. The SMILES string of the molecule is O=[N+]([O-])/C(=C\c1cccs1)CC(S(=O)(=O)c1ccccc1)S(=O)(=O)c1ccccc1. The molecule has 156 valence electrons. The third kappa shape index (κ3) is 4.66. The molecule has 0 saturated heterocycles. The van der Waals surface area contributed by atoms with Crippen molar-refractivity contribution in [2.45, 2.75) is 20.8 Å². The molecular weight excluding hydrogens is 446 g/mol. The van der Waals surface area contributed by atoms with E-state index in [0.717, 1.165) is 0 Å². The molecule has 0 N–H and O–H groups in total. The van der Waals surface area contributed by atoms with Gasteiger partial charge in [-0.05, 0) is 35.7 Å². The summed E-state index contributed by atoms with van der Waals surface area (Å²) in [5.41, 5.74) is -0.499. The Labute approximate surface area is 178 Å². The van der Waals surface area contributed by atoms with E-state index in [9.17, 15) is 26.9 Å². The number of nitrogens with zero attached hydrogens (tertiary/aromatic N) is 1. The van der Waals surface area contributed by atoms with Gasteiger partial charge >= 0.3 is 0 Å². The van der Waals surface area contributed by atoms with Crippen LogP contribution in [0.2, 0.25) is 0 Å². The van der Waals surface area contributed by atoms with Gasteiger partial charge < -0.3 is 0 Å². The molecule has 30 heavy (non-hydrogen) atoms. The Morgan fingerprint density at radius 2 is 1.37 bits per heavy atom. The van der Waals surface area contributed by atoms with Crippen LogP contribution in [0.1, 0.15) is 11.3 Å². The van der Waals surface area contributed by atoms with Gasteiger partial charge in [0.2, 0.25) is 5.70 Å². The molecule has 0 aliphatic carbocycles. The summed E-state index contributed by atoms with van der Waals surface area (Å²) in [6.45, 7) is 0. The Hall–Kier alpha value is -2.82. The average Bonchev–Trinajstić information content (AvgIpc) is 3.25. The molecule has 0 spiro atoms. The Balaban J connectivity index is 2.16. The molecule has 0 amide bonds. The number of hydrogen-bond acceptors (Lipinski definition) is 7. The highest BCUT2D eigenvalue weighted by Crippen LogP contribution is 2.31. The first-order chi connectivity index (χ1) is 14.2. The quantitative estimate of drug-likeness (QED) is 0.368. The van der Waals surface area contributed by atoms with Crippen molar-refractivity contribution in [3.8, 4) is 0 Å². The van der Waals surface area contributed by atoms with Crippen LogP contribution >= 0.6 is 11.3 Å². The van der Waals surface area contributed by atoms with Crippen LogP contribution in [0, 0.1) is 10.1 Å². The fourth-order valence-corrected chi connectivity index (χ4v) is 7.94. The van der Waals surface area contributed by atoms with Crippen LogP contribution in [0.3, 0.4) is 0 Å². The van der Waals surface area contributed by atoms with Crippen LogP contribution in [-0.4, -0.2) is 26.3 Å². The summed E-state index contributed by atoms with van der Waals surface area (Å²) < 4.78 is 51.1. The van der Waals surface area contributed by atoms with Gasteiger partial charge in [-0.1, -0.05) is 42.5 Å². The molecule has 1 aromatic heterocycles. The maximum absolute atomic E-state index is 13.3. The summed E-state index contributed by atoms with van der Waals surface area (Å²) in [6.07, 6.45) is 0.415. The fraction of sp³-hybridized carbons (Fsp3) is 0.100. The zero-order valence-electron chi connectivity index (χ0n) is 15.5. The first-order valence-electron chi connectivity index (χ1n) is 8.69. The van der Waals surface area contributed by atoms with Crippen LogP contribution in [0.15, 0.2) is 93.7 Å². The number of hydrogen-bond donors (Lipinski definition) is 0. The number of allylic oxidation sites excluding steroid dienone is 1. The average molecular weight is 464 g/mol. The maximum atomic E-state index is 13.3. The molecule has 10 heteroatoms. The second-order valence-electron chi connectivity index (χ2n) is 6.26. The largest absolute Gasteiger partial charge is 0.259 e. The molecule has 1 heterocycles. The van der Waals surface area contributed by atoms with Crippen LogP contribution in [0.4, 0.5) is 0 Å². The molecular formula is C20H17NO6S3. The second kappa shape index (κ2) is 8.90. The Morgan fingerprint density at radius 3 is 1.77 bits per heavy atom. The van der Waals surface area contributed by atoms with E-state index in [4.69, 9.17) is 0 Å². The monoisotopic (exact) mass is 463 g/mol. The third-order valence-electron chi connectivity index (χ3n) is 4.30. The minimum absolute atomic E-state index is 0.215. The molecule has 3 rings (SSSR count). The standard InChI is InChI=1S/C20H17NO6S3/c22-21(23)16(14-17-8-7-13-28-17)15-20(29(24,25)18-9-3-1-4-10-18)30(26,27)19-11-5-2-6-12-19/h1-14,20H,15H2/b16-14-. The predicted molar refractivity (Wildman–Crippen MR) is 115 cm³/mol. The minimum atomic E-state index is -4.44. The molecule has 0 bridgehead atoms. The first kappa shape index (κ1) is 21.9. The number of sulfone groups is 2. The summed E-state index contributed by atoms with van der Waals surface area (Å²) in [7, 11) is -8.89. The topological polar surface area (TPSA) is 111 Å². The van der Waals surface area contributed by atoms with Gasteiger partial charge in [-0.15, -0.1) is 11.3 Å². The van der Waals surface area contributed by atoms with E-state index in [0.29, 0.717) is 4.88 Å². The summed E-state index contributed by atoms with van der Waals surface area (Å²) in [5, 5.41) is 13.4. The molecule has 0 unspecified atom stereocenters. The summed E-state index contributed by atoms with van der Waals surface area (Å²) >= 11 is 1.22. The van der Waals surface area contributed by atoms with Gasteiger partial charge in [-0.25, -0.2) is 16.8 Å². The molecule has 0 radical (unpaired) electrons. The van der Waals surface area contributed by atoms with Crippen molar-refractivity contribution in [3.63, 3.8) is 0 Å². The van der Waals surface area contributed by atoms with Crippen molar-refractivity contribution in [1.82, 2.24) is 0 Å². The smallest absolute Gasteiger partial charge is 0.250 e. The number of rotatable bonds is 8. The van der Waals surface area contributed by atoms with Crippen LogP contribution in [-0.2, 0) is 19.7 Å². The van der Waals surface area contributed by atoms with Crippen LogP contribution < -0.4 is 0 Å². The van der Waals surface area contributed by atoms with Gasteiger partial charge in [-0.3, -0.25) is 10.1 Å². The van der Waals surface area contributed by atoms with E-state index in [-0.39, 0.29) is 9.79 Å². The van der Waals surface area contributed by atoms with Crippen molar-refractivity contribution in [3.05, 3.63) is 98.9 Å². The summed E-state index contributed by atoms with van der Waals surface area (Å²) in [5.74, 6) is 0. The number of nitro groups is 1. The van der Waals surface area contributed by atoms with Crippen molar-refractivity contribution in [2.24, 2.45) is 0 Å². The second-order valence-corrected chi connectivity index (χ2v) is 11.8. The van der Waals surface area contributed by atoms with Crippen molar-refractivity contribution in [1.29, 1.82) is 0 Å². The lowest BCUT2D eigenvalue weighted by Gasteiger charge is -2.17. The van der Waals surface area contributed by atoms with E-state index in [1.807, 2.05) is 0 Å². The van der Waals surface area contributed by atoms with E-state index >= 15 is 0 Å². The van der Waals surface area contributed by atoms with Crippen LogP contribution in [0.5, 0.6) is 0 Å². The zero-order chi connectivity index (χ0) is 21.8. The van der Waals surface area contributed by atoms with Gasteiger partial charge in [0, 0.05) is 11.0 Å². The highest BCUT2D eigenvalue weighted by molar-refractivity contribution is 8.09. The summed E-state index contributed by atoms with van der Waals surface area (Å²) in [6, 6.07) is 17.5. The highest BCUT2D eigenvalue weighted by Gasteiger charge is 2.42. The van der Waals surface area contributed by atoms with Crippen molar-refractivity contribution >= 4 is 37.1 Å². The lowest BCUT2D eigenvalue weighted by molar-refractivity contribution is -0.425. The molecule has 0 aliphatic rings. The van der Waals surface area contributed by atoms with Gasteiger partial charge in [0.05, 0.1) is 21.1 Å². The zero-order valence-corrected chi connectivity index (χ0v) is 17.9. The van der Waals surface area contributed by atoms with Crippen molar-refractivity contribution < 1.29 is 21.8 Å².